The lowest BCUT2D eigenvalue weighted by molar-refractivity contribution is 0.101. The van der Waals surface area contributed by atoms with Crippen LogP contribution in [0.4, 0.5) is 5.69 Å². The molecule has 1 heterocycles. The van der Waals surface area contributed by atoms with E-state index in [4.69, 9.17) is 10.5 Å². The number of anilines is 1. The van der Waals surface area contributed by atoms with Gasteiger partial charge in [0.1, 0.15) is 5.75 Å². The zero-order valence-corrected chi connectivity index (χ0v) is 12.0. The summed E-state index contributed by atoms with van der Waals surface area (Å²) in [4.78, 5) is 27.7. The molecule has 0 unspecified atom stereocenters. The van der Waals surface area contributed by atoms with Crippen LogP contribution >= 0.6 is 0 Å². The molecule has 0 fully saturated rings. The van der Waals surface area contributed by atoms with E-state index in [1.54, 1.807) is 18.3 Å². The van der Waals surface area contributed by atoms with Crippen LogP contribution in [0.2, 0.25) is 0 Å². The molecule has 0 saturated heterocycles. The molecule has 0 radical (unpaired) electrons. The molecular weight excluding hydrogens is 270 g/mol. The van der Waals surface area contributed by atoms with Crippen molar-refractivity contribution in [3.05, 3.63) is 46.5 Å². The maximum atomic E-state index is 12.2. The van der Waals surface area contributed by atoms with E-state index in [2.05, 4.69) is 4.98 Å². The summed E-state index contributed by atoms with van der Waals surface area (Å²) in [5, 5.41) is 0. The fraction of sp³-hybridized carbons (Fsp3) is 0.267. The number of rotatable bonds is 5. The normalized spacial score (nSPS) is 10.4. The molecule has 0 amide bonds. The van der Waals surface area contributed by atoms with Gasteiger partial charge in [-0.05, 0) is 31.5 Å². The summed E-state index contributed by atoms with van der Waals surface area (Å²) in [5.41, 5.74) is 6.11. The van der Waals surface area contributed by atoms with E-state index in [1.165, 1.54) is 23.8 Å². The smallest absolute Gasteiger partial charge is 0.313 e. The van der Waals surface area contributed by atoms with Crippen molar-refractivity contribution in [2.24, 2.45) is 0 Å². The molecule has 2 N–H and O–H groups in total. The summed E-state index contributed by atoms with van der Waals surface area (Å²) in [6, 6.07) is 4.69. The van der Waals surface area contributed by atoms with Gasteiger partial charge >= 0.3 is 5.56 Å². The van der Waals surface area contributed by atoms with Crippen LogP contribution in [0.25, 0.3) is 0 Å². The zero-order chi connectivity index (χ0) is 15.4. The molecule has 0 bridgehead atoms. The minimum Gasteiger partial charge on any atom is -0.434 e. The third-order valence-corrected chi connectivity index (χ3v) is 2.94. The number of benzene rings is 1. The second kappa shape index (κ2) is 6.21. The van der Waals surface area contributed by atoms with E-state index in [9.17, 15) is 9.59 Å². The van der Waals surface area contributed by atoms with Gasteiger partial charge in [0, 0.05) is 24.6 Å². The van der Waals surface area contributed by atoms with Gasteiger partial charge in [-0.2, -0.15) is 0 Å². The molecule has 0 saturated carbocycles. The second-order valence-corrected chi connectivity index (χ2v) is 4.64. The predicted octanol–water partition coefficient (Wildman–Crippen LogP) is 2.23. The highest BCUT2D eigenvalue weighted by Gasteiger charge is 2.13. The summed E-state index contributed by atoms with van der Waals surface area (Å²) < 4.78 is 7.04. The minimum atomic E-state index is -0.328. The molecule has 0 aliphatic heterocycles. The summed E-state index contributed by atoms with van der Waals surface area (Å²) in [6.45, 7) is 3.97. The van der Waals surface area contributed by atoms with Crippen molar-refractivity contribution in [1.29, 1.82) is 0 Å². The highest BCUT2D eigenvalue weighted by Crippen LogP contribution is 2.25. The highest BCUT2D eigenvalue weighted by atomic mass is 16.5. The minimum absolute atomic E-state index is 0.0572. The number of ether oxygens (including phenoxy) is 1. The summed E-state index contributed by atoms with van der Waals surface area (Å²) in [6.07, 6.45) is 3.93. The molecule has 2 rings (SSSR count). The first-order chi connectivity index (χ1) is 10.0. The van der Waals surface area contributed by atoms with Crippen LogP contribution in [0.15, 0.2) is 35.4 Å². The molecule has 6 nitrogen and oxygen atoms in total. The summed E-state index contributed by atoms with van der Waals surface area (Å²) in [7, 11) is 0. The van der Waals surface area contributed by atoms with Gasteiger partial charge in [-0.15, -0.1) is 0 Å². The topological polar surface area (TPSA) is 87.2 Å². The van der Waals surface area contributed by atoms with E-state index in [1.807, 2.05) is 6.92 Å². The van der Waals surface area contributed by atoms with Crippen LogP contribution in [0.5, 0.6) is 11.6 Å². The molecule has 0 aliphatic rings. The Morgan fingerprint density at radius 2 is 2.19 bits per heavy atom. The van der Waals surface area contributed by atoms with E-state index < -0.39 is 0 Å². The summed E-state index contributed by atoms with van der Waals surface area (Å²) >= 11 is 0. The van der Waals surface area contributed by atoms with Crippen molar-refractivity contribution < 1.29 is 9.53 Å². The molecule has 21 heavy (non-hydrogen) atoms. The second-order valence-electron chi connectivity index (χ2n) is 4.64. The Kier molecular flexibility index (Phi) is 4.37. The number of nitrogen functional groups attached to an aromatic ring is 1. The molecule has 0 spiro atoms. The van der Waals surface area contributed by atoms with Gasteiger partial charge in [0.05, 0.1) is 5.56 Å². The third kappa shape index (κ3) is 3.28. The number of hydrogen-bond donors (Lipinski definition) is 1. The molecule has 0 atom stereocenters. The van der Waals surface area contributed by atoms with Crippen molar-refractivity contribution in [1.82, 2.24) is 9.55 Å². The third-order valence-electron chi connectivity index (χ3n) is 2.94. The van der Waals surface area contributed by atoms with Crippen LogP contribution in [-0.2, 0) is 6.54 Å². The Labute approximate surface area is 122 Å². The Hall–Kier alpha value is -2.63. The molecule has 110 valence electrons. The van der Waals surface area contributed by atoms with Crippen LogP contribution < -0.4 is 16.0 Å². The van der Waals surface area contributed by atoms with Crippen molar-refractivity contribution in [2.45, 2.75) is 26.8 Å². The van der Waals surface area contributed by atoms with Gasteiger partial charge in [-0.3, -0.25) is 9.59 Å². The fourth-order valence-electron chi connectivity index (χ4n) is 1.93. The number of nitrogens with zero attached hydrogens (tertiary/aromatic N) is 2. The van der Waals surface area contributed by atoms with Gasteiger partial charge < -0.3 is 15.0 Å². The fourth-order valence-corrected chi connectivity index (χ4v) is 1.93. The van der Waals surface area contributed by atoms with Gasteiger partial charge in [0.2, 0.25) is 0 Å². The van der Waals surface area contributed by atoms with Gasteiger partial charge in [0.15, 0.2) is 5.78 Å². The number of nitrogens with two attached hydrogens (primary N) is 1. The number of aromatic nitrogens is 2. The van der Waals surface area contributed by atoms with Crippen molar-refractivity contribution in [3.8, 4) is 11.6 Å². The van der Waals surface area contributed by atoms with E-state index >= 15 is 0 Å². The number of aryl methyl sites for hydroxylation is 1. The van der Waals surface area contributed by atoms with E-state index in [0.717, 1.165) is 6.42 Å². The number of ketones is 1. The molecule has 1 aromatic carbocycles. The molecule has 2 aromatic rings. The van der Waals surface area contributed by atoms with Gasteiger partial charge in [-0.25, -0.2) is 4.98 Å². The first-order valence-electron chi connectivity index (χ1n) is 6.66. The Morgan fingerprint density at radius 3 is 2.86 bits per heavy atom. The van der Waals surface area contributed by atoms with E-state index in [-0.39, 0.29) is 23.0 Å². The summed E-state index contributed by atoms with van der Waals surface area (Å²) in [5.74, 6) is 0.0240. The lowest BCUT2D eigenvalue weighted by atomic mass is 10.1. The monoisotopic (exact) mass is 287 g/mol. The number of carbonyl (C=O) groups excluding carboxylic acids is 1. The van der Waals surface area contributed by atoms with Crippen LogP contribution in [0, 0.1) is 0 Å². The standard InChI is InChI=1S/C15H17N3O3/c1-3-7-18-8-6-17-14(15(18)20)21-13-5-4-11(16)9-12(13)10(2)19/h4-6,8-9H,3,7,16H2,1-2H3. The SMILES string of the molecule is CCCn1ccnc(Oc2ccc(N)cc2C(C)=O)c1=O. The number of hydrogen-bond acceptors (Lipinski definition) is 5. The van der Waals surface area contributed by atoms with Crippen molar-refractivity contribution in [2.75, 3.05) is 5.73 Å². The maximum Gasteiger partial charge on any atom is 0.313 e. The first kappa shape index (κ1) is 14.8. The van der Waals surface area contributed by atoms with Crippen LogP contribution in [-0.4, -0.2) is 15.3 Å². The van der Waals surface area contributed by atoms with E-state index in [0.29, 0.717) is 17.8 Å². The Morgan fingerprint density at radius 1 is 1.43 bits per heavy atom. The number of Topliss-reactive ketones (excluding diaryl/α,β-unsaturated/α-hetero) is 1. The Balaban J connectivity index is 2.41. The Bertz CT molecular complexity index is 722. The van der Waals surface area contributed by atoms with Crippen LogP contribution in [0.1, 0.15) is 30.6 Å². The van der Waals surface area contributed by atoms with Gasteiger partial charge in [-0.1, -0.05) is 6.92 Å². The lowest BCUT2D eigenvalue weighted by Gasteiger charge is -2.10. The average molecular weight is 287 g/mol. The number of carbonyl (C=O) groups is 1. The first-order valence-corrected chi connectivity index (χ1v) is 6.66. The van der Waals surface area contributed by atoms with Crippen molar-refractivity contribution in [3.63, 3.8) is 0 Å². The van der Waals surface area contributed by atoms with Crippen molar-refractivity contribution >= 4 is 11.5 Å². The lowest BCUT2D eigenvalue weighted by Crippen LogP contribution is -2.21. The molecular formula is C15H17N3O3. The van der Waals surface area contributed by atoms with Gasteiger partial charge in [0.25, 0.3) is 5.88 Å². The highest BCUT2D eigenvalue weighted by molar-refractivity contribution is 5.97. The molecule has 6 heteroatoms. The quantitative estimate of drug-likeness (QED) is 0.673. The molecule has 1 aromatic heterocycles. The molecule has 0 aliphatic carbocycles. The zero-order valence-electron chi connectivity index (χ0n) is 12.0. The average Bonchev–Trinajstić information content (AvgIpc) is 2.45. The maximum absolute atomic E-state index is 12.2. The largest absolute Gasteiger partial charge is 0.434 e. The van der Waals surface area contributed by atoms with Crippen LogP contribution in [0.3, 0.4) is 0 Å². The predicted molar refractivity (Wildman–Crippen MR) is 79.7 cm³/mol.